The highest BCUT2D eigenvalue weighted by Gasteiger charge is 2.38. The molecular formula is C9H4BrF6I. The minimum atomic E-state index is -4.66. The van der Waals surface area contributed by atoms with Gasteiger partial charge < -0.3 is 0 Å². The molecular weight excluding hydrogens is 429 g/mol. The van der Waals surface area contributed by atoms with Crippen molar-refractivity contribution in [3.05, 3.63) is 32.4 Å². The standard InChI is InChI=1S/C9H4BrF6I/c10-3-4-1-5(8(11,12)13)2-6(17)7(4)9(14,15)16/h1-2H,3H2. The molecule has 1 aromatic rings. The normalized spacial score (nSPS) is 12.9. The van der Waals surface area contributed by atoms with E-state index in [2.05, 4.69) is 15.9 Å². The zero-order valence-electron chi connectivity index (χ0n) is 7.89. The molecule has 0 saturated heterocycles. The molecule has 0 aliphatic carbocycles. The van der Waals surface area contributed by atoms with Crippen LogP contribution in [0.25, 0.3) is 0 Å². The summed E-state index contributed by atoms with van der Waals surface area (Å²) in [7, 11) is 0. The summed E-state index contributed by atoms with van der Waals surface area (Å²) in [5.41, 5.74) is -2.52. The average molecular weight is 433 g/mol. The number of hydrogen-bond acceptors (Lipinski definition) is 0. The van der Waals surface area contributed by atoms with Gasteiger partial charge in [-0.3, -0.25) is 0 Å². The Labute approximate surface area is 115 Å². The molecule has 0 amide bonds. The molecule has 0 atom stereocenters. The highest BCUT2D eigenvalue weighted by atomic mass is 127. The number of benzene rings is 1. The second-order valence-corrected chi connectivity index (χ2v) is 4.84. The summed E-state index contributed by atoms with van der Waals surface area (Å²) in [6.07, 6.45) is -9.31. The van der Waals surface area contributed by atoms with Crippen molar-refractivity contribution in [2.75, 3.05) is 0 Å². The lowest BCUT2D eigenvalue weighted by Gasteiger charge is -2.16. The maximum absolute atomic E-state index is 12.6. The van der Waals surface area contributed by atoms with Crippen LogP contribution in [0.1, 0.15) is 16.7 Å². The van der Waals surface area contributed by atoms with E-state index in [1.807, 2.05) is 0 Å². The van der Waals surface area contributed by atoms with Crippen LogP contribution in [0.4, 0.5) is 26.3 Å². The van der Waals surface area contributed by atoms with Crippen molar-refractivity contribution in [3.8, 4) is 0 Å². The Bertz CT molecular complexity index is 423. The molecule has 96 valence electrons. The Kier molecular flexibility index (Phi) is 4.38. The molecule has 17 heavy (non-hydrogen) atoms. The third kappa shape index (κ3) is 3.49. The van der Waals surface area contributed by atoms with Gasteiger partial charge in [0.2, 0.25) is 0 Å². The highest BCUT2D eigenvalue weighted by molar-refractivity contribution is 14.1. The van der Waals surface area contributed by atoms with Gasteiger partial charge in [0.15, 0.2) is 0 Å². The first-order valence-electron chi connectivity index (χ1n) is 4.10. The van der Waals surface area contributed by atoms with Crippen molar-refractivity contribution in [2.45, 2.75) is 17.7 Å². The molecule has 0 heterocycles. The lowest BCUT2D eigenvalue weighted by atomic mass is 10.0. The van der Waals surface area contributed by atoms with Crippen LogP contribution >= 0.6 is 38.5 Å². The Balaban J connectivity index is 3.47. The summed E-state index contributed by atoms with van der Waals surface area (Å²) in [4.78, 5) is 0. The molecule has 0 radical (unpaired) electrons. The molecule has 0 nitrogen and oxygen atoms in total. The fourth-order valence-corrected chi connectivity index (χ4v) is 2.68. The minimum Gasteiger partial charge on any atom is -0.166 e. The van der Waals surface area contributed by atoms with Crippen molar-refractivity contribution < 1.29 is 26.3 Å². The first-order valence-corrected chi connectivity index (χ1v) is 6.30. The number of halogens is 8. The average Bonchev–Trinajstić information content (AvgIpc) is 2.12. The molecule has 8 heteroatoms. The van der Waals surface area contributed by atoms with E-state index in [-0.39, 0.29) is 5.33 Å². The van der Waals surface area contributed by atoms with Gasteiger partial charge in [0.1, 0.15) is 0 Å². The van der Waals surface area contributed by atoms with Crippen LogP contribution in [0.15, 0.2) is 12.1 Å². The molecule has 0 saturated carbocycles. The Morgan fingerprint density at radius 3 is 1.88 bits per heavy atom. The van der Waals surface area contributed by atoms with Crippen LogP contribution < -0.4 is 0 Å². The van der Waals surface area contributed by atoms with Crippen LogP contribution in [-0.4, -0.2) is 0 Å². The summed E-state index contributed by atoms with van der Waals surface area (Å²) in [6.45, 7) is 0. The fourth-order valence-electron chi connectivity index (χ4n) is 1.25. The summed E-state index contributed by atoms with van der Waals surface area (Å²) >= 11 is 4.02. The van der Waals surface area contributed by atoms with Gasteiger partial charge >= 0.3 is 12.4 Å². The van der Waals surface area contributed by atoms with Crippen molar-refractivity contribution >= 4 is 38.5 Å². The zero-order valence-corrected chi connectivity index (χ0v) is 11.6. The summed E-state index contributed by atoms with van der Waals surface area (Å²) in [6, 6.07) is 1.01. The molecule has 0 aromatic heterocycles. The molecule has 0 aliphatic heterocycles. The number of alkyl halides is 7. The largest absolute Gasteiger partial charge is 0.417 e. The lowest BCUT2D eigenvalue weighted by Crippen LogP contribution is -2.14. The summed E-state index contributed by atoms with van der Waals surface area (Å²) in [5, 5.41) is -0.290. The van der Waals surface area contributed by atoms with Crippen LogP contribution in [0.5, 0.6) is 0 Å². The van der Waals surface area contributed by atoms with E-state index in [4.69, 9.17) is 0 Å². The predicted molar refractivity (Wildman–Crippen MR) is 61.8 cm³/mol. The minimum absolute atomic E-state index is 0.290. The van der Waals surface area contributed by atoms with E-state index in [0.29, 0.717) is 12.1 Å². The van der Waals surface area contributed by atoms with E-state index in [9.17, 15) is 26.3 Å². The molecule has 0 aliphatic rings. The highest BCUT2D eigenvalue weighted by Crippen LogP contribution is 2.40. The van der Waals surface area contributed by atoms with E-state index in [1.54, 1.807) is 0 Å². The quantitative estimate of drug-likeness (QED) is 0.324. The zero-order chi connectivity index (χ0) is 13.4. The van der Waals surface area contributed by atoms with Gasteiger partial charge in [-0.15, -0.1) is 0 Å². The van der Waals surface area contributed by atoms with Crippen LogP contribution in [0.3, 0.4) is 0 Å². The maximum atomic E-state index is 12.6. The van der Waals surface area contributed by atoms with Crippen LogP contribution in [0.2, 0.25) is 0 Å². The lowest BCUT2D eigenvalue weighted by molar-refractivity contribution is -0.142. The molecule has 0 bridgehead atoms. The molecule has 0 fully saturated rings. The Hall–Kier alpha value is 0.01000. The van der Waals surface area contributed by atoms with E-state index < -0.39 is 32.6 Å². The number of rotatable bonds is 1. The topological polar surface area (TPSA) is 0 Å². The van der Waals surface area contributed by atoms with Crippen LogP contribution in [-0.2, 0) is 17.7 Å². The van der Waals surface area contributed by atoms with E-state index >= 15 is 0 Å². The van der Waals surface area contributed by atoms with Gasteiger partial charge in [-0.1, -0.05) is 15.9 Å². The fraction of sp³-hybridized carbons (Fsp3) is 0.333. The van der Waals surface area contributed by atoms with Crippen molar-refractivity contribution in [1.82, 2.24) is 0 Å². The van der Waals surface area contributed by atoms with Gasteiger partial charge in [0.25, 0.3) is 0 Å². The van der Waals surface area contributed by atoms with Gasteiger partial charge in [0, 0.05) is 8.90 Å². The Morgan fingerprint density at radius 1 is 1.00 bits per heavy atom. The van der Waals surface area contributed by atoms with Crippen molar-refractivity contribution in [3.63, 3.8) is 0 Å². The third-order valence-corrected chi connectivity index (χ3v) is 3.38. The van der Waals surface area contributed by atoms with Gasteiger partial charge in [-0.25, -0.2) is 0 Å². The summed E-state index contributed by atoms with van der Waals surface area (Å²) < 4.78 is 74.6. The smallest absolute Gasteiger partial charge is 0.166 e. The second kappa shape index (κ2) is 4.94. The molecule has 0 unspecified atom stereocenters. The van der Waals surface area contributed by atoms with Gasteiger partial charge in [-0.05, 0) is 40.3 Å². The number of hydrogen-bond donors (Lipinski definition) is 0. The molecule has 1 aromatic carbocycles. The SMILES string of the molecule is FC(F)(F)c1cc(I)c(C(F)(F)F)c(CBr)c1. The van der Waals surface area contributed by atoms with Gasteiger partial charge in [-0.2, -0.15) is 26.3 Å². The maximum Gasteiger partial charge on any atom is 0.417 e. The molecule has 0 N–H and O–H groups in total. The molecule has 0 spiro atoms. The van der Waals surface area contributed by atoms with E-state index in [0.717, 1.165) is 0 Å². The monoisotopic (exact) mass is 432 g/mol. The Morgan fingerprint density at radius 2 is 1.53 bits per heavy atom. The third-order valence-electron chi connectivity index (χ3n) is 1.93. The van der Waals surface area contributed by atoms with Crippen molar-refractivity contribution in [1.29, 1.82) is 0 Å². The summed E-state index contributed by atoms with van der Waals surface area (Å²) in [5.74, 6) is 0. The predicted octanol–water partition coefficient (Wildman–Crippen LogP) is 5.22. The first-order chi connectivity index (χ1) is 7.57. The molecule has 1 rings (SSSR count). The van der Waals surface area contributed by atoms with Crippen LogP contribution in [0, 0.1) is 3.57 Å². The second-order valence-electron chi connectivity index (χ2n) is 3.12. The van der Waals surface area contributed by atoms with Crippen molar-refractivity contribution in [2.24, 2.45) is 0 Å². The van der Waals surface area contributed by atoms with E-state index in [1.165, 1.54) is 22.6 Å². The first kappa shape index (κ1) is 15.1. The van der Waals surface area contributed by atoms with Gasteiger partial charge in [0.05, 0.1) is 11.1 Å².